The Bertz CT molecular complexity index is 1440. The average molecular weight is 563 g/mol. The summed E-state index contributed by atoms with van der Waals surface area (Å²) < 4.78 is 5.35. The van der Waals surface area contributed by atoms with E-state index in [4.69, 9.17) is 16.3 Å². The van der Waals surface area contributed by atoms with Gasteiger partial charge in [-0.3, -0.25) is 19.2 Å². The Morgan fingerprint density at radius 1 is 0.897 bits per heavy atom. The number of ketones is 1. The van der Waals surface area contributed by atoms with Crippen LogP contribution in [0, 0.1) is 23.7 Å². The summed E-state index contributed by atoms with van der Waals surface area (Å²) in [7, 11) is 0. The maximum Gasteiger partial charge on any atom is 0.353 e. The van der Waals surface area contributed by atoms with Crippen molar-refractivity contribution in [2.45, 2.75) is 19.3 Å². The molecule has 2 heterocycles. The second-order valence-electron chi connectivity index (χ2n) is 10.1. The van der Waals surface area contributed by atoms with Crippen LogP contribution in [0.1, 0.15) is 49.7 Å². The number of thiophene rings is 1. The highest BCUT2D eigenvalue weighted by Crippen LogP contribution is 2.56. The van der Waals surface area contributed by atoms with Crippen molar-refractivity contribution in [2.75, 3.05) is 6.54 Å². The topological polar surface area (TPSA) is 101 Å². The van der Waals surface area contributed by atoms with E-state index in [1.54, 1.807) is 17.5 Å². The molecule has 3 fully saturated rings. The van der Waals surface area contributed by atoms with Crippen LogP contribution in [0.4, 0.5) is 0 Å². The van der Waals surface area contributed by atoms with Gasteiger partial charge in [0.25, 0.3) is 17.7 Å². The molecule has 2 bridgehead atoms. The Hall–Kier alpha value is -3.82. The molecule has 2 aromatic carbocycles. The van der Waals surface area contributed by atoms with Crippen LogP contribution in [-0.4, -0.2) is 46.0 Å². The number of benzene rings is 2. The minimum absolute atomic E-state index is 0.133. The lowest BCUT2D eigenvalue weighted by atomic mass is 9.81. The van der Waals surface area contributed by atoms with Crippen molar-refractivity contribution in [1.29, 1.82) is 0 Å². The van der Waals surface area contributed by atoms with Gasteiger partial charge in [-0.25, -0.2) is 9.80 Å². The van der Waals surface area contributed by atoms with Crippen LogP contribution in [0.5, 0.6) is 5.75 Å². The predicted octanol–water partition coefficient (Wildman–Crippen LogP) is 4.89. The second kappa shape index (κ2) is 10.1. The molecule has 0 unspecified atom stereocenters. The van der Waals surface area contributed by atoms with E-state index in [9.17, 15) is 24.0 Å². The van der Waals surface area contributed by atoms with E-state index in [0.29, 0.717) is 9.90 Å². The molecule has 0 N–H and O–H groups in total. The van der Waals surface area contributed by atoms with E-state index in [2.05, 4.69) is 0 Å². The molecule has 2 saturated carbocycles. The predicted molar refractivity (Wildman–Crippen MR) is 142 cm³/mol. The third-order valence-electron chi connectivity index (χ3n) is 7.87. The molecule has 0 radical (unpaired) electrons. The van der Waals surface area contributed by atoms with Crippen LogP contribution >= 0.6 is 22.9 Å². The van der Waals surface area contributed by atoms with Gasteiger partial charge in [0.15, 0.2) is 5.78 Å². The van der Waals surface area contributed by atoms with E-state index in [0.717, 1.165) is 29.3 Å². The van der Waals surface area contributed by atoms with Crippen LogP contribution in [0.25, 0.3) is 0 Å². The molecule has 3 aliphatic rings. The average Bonchev–Trinajstić information content (AvgIpc) is 3.74. The number of hydrogen-bond donors (Lipinski definition) is 0. The summed E-state index contributed by atoms with van der Waals surface area (Å²) in [5.74, 6) is -2.81. The van der Waals surface area contributed by atoms with Gasteiger partial charge < -0.3 is 4.74 Å². The number of fused-ring (bicyclic) bond motifs is 5. The van der Waals surface area contributed by atoms with E-state index < -0.39 is 47.9 Å². The second-order valence-corrected chi connectivity index (χ2v) is 11.4. The number of hydrogen-bond acceptors (Lipinski definition) is 7. The SMILES string of the molecule is O=C(CN(C(=O)c1ccc(Cl)cc1)N1C(=O)[C@@H]2[C@H]3CC[C@@H](C3)[C@@H]2C1=O)c1ccc(OC(=O)c2cccs2)cc1. The zero-order valence-electron chi connectivity index (χ0n) is 20.6. The zero-order valence-corrected chi connectivity index (χ0v) is 22.2. The van der Waals surface area contributed by atoms with Gasteiger partial charge in [-0.15, -0.1) is 11.3 Å². The quantitative estimate of drug-likeness (QED) is 0.176. The smallest absolute Gasteiger partial charge is 0.353 e. The van der Waals surface area contributed by atoms with Crippen LogP contribution < -0.4 is 4.74 Å². The molecule has 1 aromatic heterocycles. The summed E-state index contributed by atoms with van der Waals surface area (Å²) in [5.41, 5.74) is 0.433. The van der Waals surface area contributed by atoms with E-state index in [1.165, 1.54) is 59.9 Å². The van der Waals surface area contributed by atoms with Gasteiger partial charge in [0.05, 0.1) is 11.8 Å². The Balaban J connectivity index is 1.25. The van der Waals surface area contributed by atoms with Crippen LogP contribution in [0.15, 0.2) is 66.0 Å². The molecule has 0 spiro atoms. The lowest BCUT2D eigenvalue weighted by Crippen LogP contribution is -2.52. The van der Waals surface area contributed by atoms with E-state index >= 15 is 0 Å². The molecule has 10 heteroatoms. The molecule has 8 nitrogen and oxygen atoms in total. The number of carbonyl (C=O) groups is 5. The maximum absolute atomic E-state index is 13.6. The van der Waals surface area contributed by atoms with Crippen molar-refractivity contribution in [3.63, 3.8) is 0 Å². The summed E-state index contributed by atoms with van der Waals surface area (Å²) in [4.78, 5) is 66.7. The van der Waals surface area contributed by atoms with Crippen molar-refractivity contribution >= 4 is 52.4 Å². The highest BCUT2D eigenvalue weighted by molar-refractivity contribution is 7.12. The lowest BCUT2D eigenvalue weighted by Gasteiger charge is -2.30. The fourth-order valence-electron chi connectivity index (χ4n) is 6.09. The van der Waals surface area contributed by atoms with E-state index in [1.807, 2.05) is 0 Å². The number of imide groups is 1. The Morgan fingerprint density at radius 3 is 2.10 bits per heavy atom. The molecular formula is C29H23ClN2O6S. The molecular weight excluding hydrogens is 540 g/mol. The highest BCUT2D eigenvalue weighted by Gasteiger charge is 2.62. The van der Waals surface area contributed by atoms with Crippen molar-refractivity contribution in [2.24, 2.45) is 23.7 Å². The lowest BCUT2D eigenvalue weighted by molar-refractivity contribution is -0.155. The van der Waals surface area contributed by atoms with Gasteiger partial charge in [-0.1, -0.05) is 17.7 Å². The molecule has 6 rings (SSSR count). The number of nitrogens with zero attached hydrogens (tertiary/aromatic N) is 2. The van der Waals surface area contributed by atoms with Crippen molar-refractivity contribution < 1.29 is 28.7 Å². The van der Waals surface area contributed by atoms with Gasteiger partial charge in [-0.05, 0) is 91.1 Å². The Labute approximate surface area is 233 Å². The Kier molecular flexibility index (Phi) is 6.56. The fourth-order valence-corrected chi connectivity index (χ4v) is 6.82. The monoisotopic (exact) mass is 562 g/mol. The molecule has 39 heavy (non-hydrogen) atoms. The summed E-state index contributed by atoms with van der Waals surface area (Å²) in [6.45, 7) is -0.512. The largest absolute Gasteiger partial charge is 0.422 e. The number of halogens is 1. The van der Waals surface area contributed by atoms with Gasteiger partial charge in [-0.2, -0.15) is 5.01 Å². The first-order valence-corrected chi connectivity index (χ1v) is 13.9. The summed E-state index contributed by atoms with van der Waals surface area (Å²) in [5, 5.41) is 4.07. The molecule has 1 saturated heterocycles. The molecule has 198 valence electrons. The van der Waals surface area contributed by atoms with Crippen molar-refractivity contribution in [3.05, 3.63) is 87.1 Å². The zero-order chi connectivity index (χ0) is 27.3. The third-order valence-corrected chi connectivity index (χ3v) is 8.98. The first-order valence-electron chi connectivity index (χ1n) is 12.7. The number of Topliss-reactive ketones (excluding diaryl/α,β-unsaturated/α-hetero) is 1. The standard InChI is InChI=1S/C29H23ClN2O6S/c30-20-9-5-17(6-10-20)26(34)31(32-27(35)24-18-3-4-19(14-18)25(24)28(32)36)15-22(33)16-7-11-21(12-8-16)38-29(37)23-2-1-13-39-23/h1-2,5-13,18-19,24-25H,3-4,14-15H2/t18-,19-,24-,25+/m0/s1. The molecule has 1 aliphatic heterocycles. The summed E-state index contributed by atoms with van der Waals surface area (Å²) >= 11 is 7.24. The number of carbonyl (C=O) groups excluding carboxylic acids is 5. The van der Waals surface area contributed by atoms with Gasteiger partial charge in [0.1, 0.15) is 17.2 Å². The minimum atomic E-state index is -0.643. The molecule has 4 atom stereocenters. The van der Waals surface area contributed by atoms with Gasteiger partial charge >= 0.3 is 5.97 Å². The van der Waals surface area contributed by atoms with E-state index in [-0.39, 0.29) is 28.7 Å². The number of hydrazine groups is 1. The fraction of sp³-hybridized carbons (Fsp3) is 0.276. The number of esters is 1. The number of amides is 3. The van der Waals surface area contributed by atoms with Crippen LogP contribution in [0.2, 0.25) is 5.02 Å². The van der Waals surface area contributed by atoms with Gasteiger partial charge in [0.2, 0.25) is 0 Å². The molecule has 3 amide bonds. The number of ether oxygens (including phenoxy) is 1. The molecule has 3 aromatic rings. The number of rotatable bonds is 7. The van der Waals surface area contributed by atoms with Crippen molar-refractivity contribution in [1.82, 2.24) is 10.0 Å². The van der Waals surface area contributed by atoms with Gasteiger partial charge in [0, 0.05) is 16.1 Å². The third kappa shape index (κ3) is 4.55. The summed E-state index contributed by atoms with van der Waals surface area (Å²) in [6, 6.07) is 15.4. The van der Waals surface area contributed by atoms with Crippen LogP contribution in [0.3, 0.4) is 0 Å². The highest BCUT2D eigenvalue weighted by atomic mass is 35.5. The Morgan fingerprint density at radius 2 is 1.51 bits per heavy atom. The molecule has 2 aliphatic carbocycles. The first kappa shape index (κ1) is 25.5. The normalized spacial score (nSPS) is 23.2. The summed E-state index contributed by atoms with van der Waals surface area (Å²) in [6.07, 6.45) is 2.65. The van der Waals surface area contributed by atoms with Crippen molar-refractivity contribution in [3.8, 4) is 5.75 Å². The first-order chi connectivity index (χ1) is 18.8. The van der Waals surface area contributed by atoms with Crippen LogP contribution in [-0.2, 0) is 9.59 Å². The maximum atomic E-state index is 13.6. The minimum Gasteiger partial charge on any atom is -0.422 e.